The molecular weight excluding hydrogens is 470 g/mol. The van der Waals surface area contributed by atoms with E-state index in [0.29, 0.717) is 0 Å². The van der Waals surface area contributed by atoms with E-state index in [1.807, 2.05) is 30.3 Å². The molecule has 0 aliphatic carbocycles. The van der Waals surface area contributed by atoms with Gasteiger partial charge in [0.1, 0.15) is 17.8 Å². The van der Waals surface area contributed by atoms with E-state index in [9.17, 15) is 19.2 Å². The number of hydrogen-bond donors (Lipinski definition) is 1. The zero-order valence-corrected chi connectivity index (χ0v) is 22.1. The molecular formula is C25H37N3O8. The van der Waals surface area contributed by atoms with E-state index >= 15 is 0 Å². The van der Waals surface area contributed by atoms with Crippen molar-refractivity contribution in [2.24, 2.45) is 0 Å². The van der Waals surface area contributed by atoms with Gasteiger partial charge in [-0.05, 0) is 47.1 Å². The summed E-state index contributed by atoms with van der Waals surface area (Å²) in [7, 11) is 1.19. The maximum Gasteiger partial charge on any atom is 0.430 e. The van der Waals surface area contributed by atoms with E-state index in [1.165, 1.54) is 12.0 Å². The maximum atomic E-state index is 13.2. The molecule has 0 saturated carbocycles. The summed E-state index contributed by atoms with van der Waals surface area (Å²) in [5.41, 5.74) is -0.188. The smallest absolute Gasteiger partial charge is 0.430 e. The molecule has 200 valence electrons. The molecule has 1 aromatic rings. The Morgan fingerprint density at radius 3 is 2.00 bits per heavy atom. The minimum atomic E-state index is -1.63. The fourth-order valence-electron chi connectivity index (χ4n) is 3.61. The second-order valence-electron chi connectivity index (χ2n) is 10.5. The van der Waals surface area contributed by atoms with Crippen LogP contribution in [0.5, 0.6) is 0 Å². The molecule has 1 aromatic carbocycles. The lowest BCUT2D eigenvalue weighted by Crippen LogP contribution is -2.68. The number of hydrogen-bond acceptors (Lipinski definition) is 8. The van der Waals surface area contributed by atoms with E-state index in [1.54, 1.807) is 41.5 Å². The number of rotatable bonds is 4. The summed E-state index contributed by atoms with van der Waals surface area (Å²) in [5, 5.41) is 0.824. The van der Waals surface area contributed by atoms with E-state index in [0.717, 1.165) is 10.6 Å². The number of nitrogens with one attached hydrogen (secondary N) is 1. The molecule has 2 rings (SSSR count). The number of esters is 1. The summed E-state index contributed by atoms with van der Waals surface area (Å²) in [6.07, 6.45) is -2.52. The Bertz CT molecular complexity index is 929. The fraction of sp³-hybridized carbons (Fsp3) is 0.600. The van der Waals surface area contributed by atoms with Crippen molar-refractivity contribution in [1.29, 1.82) is 0 Å². The lowest BCUT2D eigenvalue weighted by molar-refractivity contribution is -0.161. The number of ether oxygens (including phenoxy) is 4. The van der Waals surface area contributed by atoms with Crippen LogP contribution in [0.2, 0.25) is 0 Å². The van der Waals surface area contributed by atoms with Crippen molar-refractivity contribution in [3.8, 4) is 0 Å². The molecule has 11 heteroatoms. The van der Waals surface area contributed by atoms with Gasteiger partial charge < -0.3 is 23.8 Å². The number of likely N-dealkylation sites (tertiary alicyclic amines) is 1. The van der Waals surface area contributed by atoms with Gasteiger partial charge in [-0.15, -0.1) is 0 Å². The third kappa shape index (κ3) is 8.03. The lowest BCUT2D eigenvalue weighted by Gasteiger charge is -2.45. The van der Waals surface area contributed by atoms with Gasteiger partial charge in [0.25, 0.3) is 0 Å². The van der Waals surface area contributed by atoms with Crippen LogP contribution < -0.4 is 5.43 Å². The number of methoxy groups -OCH3 is 1. The van der Waals surface area contributed by atoms with Crippen molar-refractivity contribution >= 4 is 24.2 Å². The molecule has 0 atom stereocenters. The molecule has 0 radical (unpaired) electrons. The summed E-state index contributed by atoms with van der Waals surface area (Å²) < 4.78 is 21.2. The summed E-state index contributed by atoms with van der Waals surface area (Å²) >= 11 is 0. The number of hydrazine groups is 1. The molecule has 1 aliphatic heterocycles. The molecule has 0 unspecified atom stereocenters. The summed E-state index contributed by atoms with van der Waals surface area (Å²) in [6.45, 7) is 10.2. The SMILES string of the molecule is COC(=O)C1(N(NC(=O)OC(C)(C)C)C(=O)OC(C)(C)C)CCN(C(=O)OCc2ccccc2)CC1. The molecule has 1 N–H and O–H groups in total. The van der Waals surface area contributed by atoms with E-state index in [-0.39, 0.29) is 32.5 Å². The Morgan fingerprint density at radius 1 is 0.944 bits per heavy atom. The predicted octanol–water partition coefficient (Wildman–Crippen LogP) is 4.01. The van der Waals surface area contributed by atoms with Crippen molar-refractivity contribution < 1.29 is 38.1 Å². The van der Waals surface area contributed by atoms with Crippen molar-refractivity contribution in [1.82, 2.24) is 15.3 Å². The van der Waals surface area contributed by atoms with Crippen LogP contribution in [0.1, 0.15) is 59.9 Å². The number of piperidine rings is 1. The predicted molar refractivity (Wildman–Crippen MR) is 130 cm³/mol. The van der Waals surface area contributed by atoms with Crippen LogP contribution in [-0.2, 0) is 30.3 Å². The van der Waals surface area contributed by atoms with Crippen molar-refractivity contribution in [3.63, 3.8) is 0 Å². The molecule has 11 nitrogen and oxygen atoms in total. The van der Waals surface area contributed by atoms with Crippen molar-refractivity contribution in [2.75, 3.05) is 20.2 Å². The van der Waals surface area contributed by atoms with Crippen LogP contribution in [0.4, 0.5) is 14.4 Å². The largest absolute Gasteiger partial charge is 0.467 e. The highest BCUT2D eigenvalue weighted by molar-refractivity contribution is 5.87. The second-order valence-corrected chi connectivity index (χ2v) is 10.5. The third-order valence-corrected chi connectivity index (χ3v) is 5.23. The van der Waals surface area contributed by atoms with Gasteiger partial charge in [-0.25, -0.2) is 24.6 Å². The van der Waals surface area contributed by atoms with Gasteiger partial charge in [-0.3, -0.25) is 0 Å². The molecule has 36 heavy (non-hydrogen) atoms. The van der Waals surface area contributed by atoms with Gasteiger partial charge in [0.2, 0.25) is 0 Å². The van der Waals surface area contributed by atoms with Gasteiger partial charge in [0.05, 0.1) is 7.11 Å². The molecule has 1 heterocycles. The van der Waals surface area contributed by atoms with Gasteiger partial charge in [0.15, 0.2) is 5.54 Å². The second kappa shape index (κ2) is 11.5. The van der Waals surface area contributed by atoms with Crippen LogP contribution in [-0.4, -0.2) is 71.1 Å². The van der Waals surface area contributed by atoms with Crippen LogP contribution in [0.25, 0.3) is 0 Å². The molecule has 1 fully saturated rings. The third-order valence-electron chi connectivity index (χ3n) is 5.23. The van der Waals surface area contributed by atoms with Crippen molar-refractivity contribution in [2.45, 2.75) is 77.7 Å². The highest BCUT2D eigenvalue weighted by atomic mass is 16.6. The number of benzene rings is 1. The van der Waals surface area contributed by atoms with Gasteiger partial charge >= 0.3 is 24.2 Å². The van der Waals surface area contributed by atoms with Crippen molar-refractivity contribution in [3.05, 3.63) is 35.9 Å². The topological polar surface area (TPSA) is 124 Å². The Kier molecular flexibility index (Phi) is 9.17. The minimum Gasteiger partial charge on any atom is -0.467 e. The zero-order chi connectivity index (χ0) is 27.1. The number of carbonyl (C=O) groups is 4. The number of nitrogens with zero attached hydrogens (tertiary/aromatic N) is 2. The highest BCUT2D eigenvalue weighted by Crippen LogP contribution is 2.31. The molecule has 3 amide bonds. The number of carbonyl (C=O) groups excluding carboxylic acids is 4. The Labute approximate surface area is 211 Å². The molecule has 0 spiro atoms. The summed E-state index contributed by atoms with van der Waals surface area (Å²) in [6, 6.07) is 9.24. The molecule has 0 bridgehead atoms. The fourth-order valence-corrected chi connectivity index (χ4v) is 3.61. The first-order chi connectivity index (χ1) is 16.7. The molecule has 0 aromatic heterocycles. The quantitative estimate of drug-likeness (QED) is 0.368. The molecule has 1 aliphatic rings. The Hall–Kier alpha value is -3.50. The lowest BCUT2D eigenvalue weighted by atomic mass is 9.87. The van der Waals surface area contributed by atoms with Gasteiger partial charge in [-0.2, -0.15) is 5.01 Å². The summed E-state index contributed by atoms with van der Waals surface area (Å²) in [5.74, 6) is -0.762. The monoisotopic (exact) mass is 507 g/mol. The minimum absolute atomic E-state index is 0.0326. The van der Waals surface area contributed by atoms with E-state index < -0.39 is 41.0 Å². The number of amides is 3. The van der Waals surface area contributed by atoms with Crippen LogP contribution in [0, 0.1) is 0 Å². The summed E-state index contributed by atoms with van der Waals surface area (Å²) in [4.78, 5) is 52.9. The zero-order valence-electron chi connectivity index (χ0n) is 22.1. The van der Waals surface area contributed by atoms with Gasteiger partial charge in [-0.1, -0.05) is 30.3 Å². The van der Waals surface area contributed by atoms with E-state index in [2.05, 4.69) is 5.43 Å². The molecule has 1 saturated heterocycles. The normalized spacial score (nSPS) is 15.4. The Balaban J connectivity index is 2.24. The maximum absolute atomic E-state index is 13.2. The van der Waals surface area contributed by atoms with Gasteiger partial charge in [0, 0.05) is 25.9 Å². The average molecular weight is 508 g/mol. The highest BCUT2D eigenvalue weighted by Gasteiger charge is 2.53. The standard InChI is InChI=1S/C25H37N3O8/c1-23(2,3)35-20(30)26-28(22(32)36-24(4,5)6)25(19(29)33-7)13-15-27(16-14-25)21(31)34-17-18-11-9-8-10-12-18/h8-12H,13-17H2,1-7H3,(H,26,30). The first-order valence-corrected chi connectivity index (χ1v) is 11.7. The Morgan fingerprint density at radius 2 is 1.50 bits per heavy atom. The first-order valence-electron chi connectivity index (χ1n) is 11.7. The van der Waals surface area contributed by atoms with Crippen LogP contribution in [0.3, 0.4) is 0 Å². The average Bonchev–Trinajstić information content (AvgIpc) is 2.79. The van der Waals surface area contributed by atoms with E-state index in [4.69, 9.17) is 18.9 Å². The first kappa shape index (κ1) is 28.7. The van der Waals surface area contributed by atoms with Crippen LogP contribution in [0.15, 0.2) is 30.3 Å². The van der Waals surface area contributed by atoms with Crippen LogP contribution >= 0.6 is 0 Å².